The van der Waals surface area contributed by atoms with E-state index < -0.39 is 11.8 Å². The zero-order chi connectivity index (χ0) is 12.8. The van der Waals surface area contributed by atoms with E-state index in [9.17, 15) is 14.7 Å². The number of carbonyl (C=O) groups excluding carboxylic acids is 2. The Morgan fingerprint density at radius 2 is 1.88 bits per heavy atom. The number of ether oxygens (including phenoxy) is 2. The van der Waals surface area contributed by atoms with Crippen molar-refractivity contribution in [2.24, 2.45) is 0 Å². The summed E-state index contributed by atoms with van der Waals surface area (Å²) in [6, 6.07) is 4.68. The minimum absolute atomic E-state index is 0.226. The van der Waals surface area contributed by atoms with E-state index >= 15 is 0 Å². The van der Waals surface area contributed by atoms with E-state index in [1.807, 2.05) is 0 Å². The van der Waals surface area contributed by atoms with Crippen molar-refractivity contribution < 1.29 is 24.2 Å². The molecule has 1 aromatic carbocycles. The van der Waals surface area contributed by atoms with Gasteiger partial charge in [-0.1, -0.05) is 0 Å². The van der Waals surface area contributed by atoms with Gasteiger partial charge in [0.2, 0.25) is 0 Å². The van der Waals surface area contributed by atoms with Gasteiger partial charge in [-0.25, -0.2) is 0 Å². The summed E-state index contributed by atoms with van der Waals surface area (Å²) in [6.45, 7) is 0. The number of allylic oxidation sites excluding steroid dienone is 1. The van der Waals surface area contributed by atoms with Crippen LogP contribution in [0.15, 0.2) is 30.4 Å². The molecule has 1 aromatic rings. The Morgan fingerprint density at radius 3 is 2.41 bits per heavy atom. The van der Waals surface area contributed by atoms with Gasteiger partial charge < -0.3 is 19.4 Å². The summed E-state index contributed by atoms with van der Waals surface area (Å²) < 4.78 is 9.97. The van der Waals surface area contributed by atoms with E-state index in [-0.39, 0.29) is 5.56 Å². The SMILES string of the molecule is COc1ccc(OC)c(C(=O)/C=C/C(=O)[O-])c1. The van der Waals surface area contributed by atoms with Gasteiger partial charge in [-0.05, 0) is 30.4 Å². The number of carboxylic acids is 1. The fraction of sp³-hybridized carbons (Fsp3) is 0.167. The molecule has 0 aliphatic carbocycles. The van der Waals surface area contributed by atoms with Crippen molar-refractivity contribution in [3.8, 4) is 11.5 Å². The third-order valence-corrected chi connectivity index (χ3v) is 2.04. The Kier molecular flexibility index (Phi) is 4.28. The molecule has 5 nitrogen and oxygen atoms in total. The van der Waals surface area contributed by atoms with Crippen molar-refractivity contribution in [3.05, 3.63) is 35.9 Å². The Balaban J connectivity index is 3.09. The molecule has 0 N–H and O–H groups in total. The van der Waals surface area contributed by atoms with E-state index in [1.54, 1.807) is 12.1 Å². The van der Waals surface area contributed by atoms with Crippen LogP contribution in [0.25, 0.3) is 0 Å². The highest BCUT2D eigenvalue weighted by Crippen LogP contribution is 2.24. The van der Waals surface area contributed by atoms with Crippen LogP contribution in [-0.2, 0) is 4.79 Å². The van der Waals surface area contributed by atoms with Gasteiger partial charge in [0.15, 0.2) is 5.78 Å². The Morgan fingerprint density at radius 1 is 1.18 bits per heavy atom. The molecule has 0 spiro atoms. The minimum Gasteiger partial charge on any atom is -0.545 e. The van der Waals surface area contributed by atoms with Crippen LogP contribution in [0.5, 0.6) is 11.5 Å². The lowest BCUT2D eigenvalue weighted by Crippen LogP contribution is -2.19. The molecule has 17 heavy (non-hydrogen) atoms. The van der Waals surface area contributed by atoms with E-state index in [0.717, 1.165) is 6.08 Å². The number of aliphatic carboxylic acids is 1. The van der Waals surface area contributed by atoms with Crippen molar-refractivity contribution in [1.82, 2.24) is 0 Å². The summed E-state index contributed by atoms with van der Waals surface area (Å²) in [5, 5.41) is 10.2. The third-order valence-electron chi connectivity index (χ3n) is 2.04. The molecule has 0 unspecified atom stereocenters. The summed E-state index contributed by atoms with van der Waals surface area (Å²) >= 11 is 0. The zero-order valence-electron chi connectivity index (χ0n) is 9.43. The normalized spacial score (nSPS) is 10.2. The van der Waals surface area contributed by atoms with Crippen molar-refractivity contribution in [1.29, 1.82) is 0 Å². The molecule has 0 aliphatic heterocycles. The Bertz CT molecular complexity index is 462. The van der Waals surface area contributed by atoms with Crippen LogP contribution >= 0.6 is 0 Å². The molecule has 0 saturated carbocycles. The van der Waals surface area contributed by atoms with Crippen LogP contribution < -0.4 is 14.6 Å². The molecule has 0 aliphatic rings. The first kappa shape index (κ1) is 12.8. The topological polar surface area (TPSA) is 75.7 Å². The van der Waals surface area contributed by atoms with Crippen LogP contribution in [0.1, 0.15) is 10.4 Å². The zero-order valence-corrected chi connectivity index (χ0v) is 9.43. The fourth-order valence-corrected chi connectivity index (χ4v) is 1.24. The lowest BCUT2D eigenvalue weighted by Gasteiger charge is -2.07. The summed E-state index contributed by atoms with van der Waals surface area (Å²) in [5.74, 6) is -1.10. The molecule has 0 amide bonds. The second kappa shape index (κ2) is 5.69. The molecule has 0 bridgehead atoms. The van der Waals surface area contributed by atoms with Gasteiger partial charge in [0.1, 0.15) is 11.5 Å². The highest BCUT2D eigenvalue weighted by atomic mass is 16.5. The van der Waals surface area contributed by atoms with Crippen LogP contribution in [0.3, 0.4) is 0 Å². The number of hydrogen-bond donors (Lipinski definition) is 0. The predicted octanol–water partition coefficient (Wildman–Crippen LogP) is 0.193. The molecule has 1 rings (SSSR count). The van der Waals surface area contributed by atoms with E-state index in [0.29, 0.717) is 17.6 Å². The minimum atomic E-state index is -1.43. The molecule has 0 saturated heterocycles. The Labute approximate surface area is 98.3 Å². The van der Waals surface area contributed by atoms with E-state index in [1.165, 1.54) is 20.3 Å². The van der Waals surface area contributed by atoms with Crippen LogP contribution in [-0.4, -0.2) is 26.0 Å². The molecule has 0 radical (unpaired) electrons. The number of benzene rings is 1. The van der Waals surface area contributed by atoms with Gasteiger partial charge in [-0.15, -0.1) is 0 Å². The first-order valence-corrected chi connectivity index (χ1v) is 4.74. The smallest absolute Gasteiger partial charge is 0.189 e. The van der Waals surface area contributed by atoms with Gasteiger partial charge in [0.05, 0.1) is 25.8 Å². The van der Waals surface area contributed by atoms with Crippen molar-refractivity contribution in [2.75, 3.05) is 14.2 Å². The predicted molar refractivity (Wildman–Crippen MR) is 58.0 cm³/mol. The van der Waals surface area contributed by atoms with Crippen LogP contribution in [0.2, 0.25) is 0 Å². The lowest BCUT2D eigenvalue weighted by molar-refractivity contribution is -0.297. The summed E-state index contributed by atoms with van der Waals surface area (Å²) in [4.78, 5) is 21.9. The summed E-state index contributed by atoms with van der Waals surface area (Å²) in [7, 11) is 2.88. The molecule has 0 heterocycles. The molecule has 0 aromatic heterocycles. The van der Waals surface area contributed by atoms with Gasteiger partial charge in [0, 0.05) is 0 Å². The van der Waals surface area contributed by atoms with Gasteiger partial charge >= 0.3 is 0 Å². The van der Waals surface area contributed by atoms with Crippen LogP contribution in [0.4, 0.5) is 0 Å². The second-order valence-electron chi connectivity index (χ2n) is 3.08. The quantitative estimate of drug-likeness (QED) is 0.538. The van der Waals surface area contributed by atoms with Crippen molar-refractivity contribution >= 4 is 11.8 Å². The number of carbonyl (C=O) groups is 2. The number of rotatable bonds is 5. The average Bonchev–Trinajstić information content (AvgIpc) is 2.34. The second-order valence-corrected chi connectivity index (χ2v) is 3.08. The number of ketones is 1. The molecule has 5 heteroatoms. The highest BCUT2D eigenvalue weighted by Gasteiger charge is 2.10. The van der Waals surface area contributed by atoms with Gasteiger partial charge in [-0.3, -0.25) is 4.79 Å². The first-order chi connectivity index (χ1) is 8.08. The van der Waals surface area contributed by atoms with Crippen LogP contribution in [0, 0.1) is 0 Å². The molecule has 90 valence electrons. The summed E-state index contributed by atoms with van der Waals surface area (Å²) in [6.07, 6.45) is 1.58. The van der Waals surface area contributed by atoms with Crippen molar-refractivity contribution in [3.63, 3.8) is 0 Å². The van der Waals surface area contributed by atoms with Gasteiger partial charge in [-0.2, -0.15) is 0 Å². The Hall–Kier alpha value is -2.30. The third kappa shape index (κ3) is 3.34. The molecular formula is C12H11O5-. The highest BCUT2D eigenvalue weighted by molar-refractivity contribution is 6.08. The summed E-state index contributed by atoms with van der Waals surface area (Å²) in [5.41, 5.74) is 0.226. The average molecular weight is 235 g/mol. The maximum atomic E-state index is 11.7. The number of carboxylic acid groups (broad SMARTS) is 1. The van der Waals surface area contributed by atoms with Crippen molar-refractivity contribution in [2.45, 2.75) is 0 Å². The molecule has 0 fully saturated rings. The fourth-order valence-electron chi connectivity index (χ4n) is 1.24. The first-order valence-electron chi connectivity index (χ1n) is 4.74. The molecular weight excluding hydrogens is 224 g/mol. The number of methoxy groups -OCH3 is 2. The lowest BCUT2D eigenvalue weighted by atomic mass is 10.1. The standard InChI is InChI=1S/C12H12O5/c1-16-8-3-5-11(17-2)9(7-8)10(13)4-6-12(14)15/h3-7H,1-2H3,(H,14,15)/p-1/b6-4+. The maximum absolute atomic E-state index is 11.7. The van der Waals surface area contributed by atoms with E-state index in [4.69, 9.17) is 9.47 Å². The number of hydrogen-bond acceptors (Lipinski definition) is 5. The largest absolute Gasteiger partial charge is 0.545 e. The monoisotopic (exact) mass is 235 g/mol. The van der Waals surface area contributed by atoms with E-state index in [2.05, 4.69) is 0 Å². The maximum Gasteiger partial charge on any atom is 0.189 e. The molecule has 0 atom stereocenters. The van der Waals surface area contributed by atoms with Gasteiger partial charge in [0.25, 0.3) is 0 Å².